The number of pyridine rings is 1. The summed E-state index contributed by atoms with van der Waals surface area (Å²) in [6, 6.07) is 10.9. The first-order chi connectivity index (χ1) is 14.6. The van der Waals surface area contributed by atoms with Gasteiger partial charge in [-0.3, -0.25) is 0 Å². The molecule has 2 aromatic carbocycles. The zero-order chi connectivity index (χ0) is 20.7. The second kappa shape index (κ2) is 7.26. The standard InChI is InChI=1S/C23H17F2N3O2/c1-13-5-6-14(23-26-7-8-29-23)9-16(13)15-10-20-22(27-11-15)28-19(12-30-20)21-17(24)3-2-4-18(21)25/h2-11,19H,12H2,1H3,(H,27,28). The van der Waals surface area contributed by atoms with Crippen LogP contribution >= 0.6 is 0 Å². The highest BCUT2D eigenvalue weighted by molar-refractivity contribution is 5.75. The Morgan fingerprint density at radius 3 is 2.63 bits per heavy atom. The average Bonchev–Trinajstić information content (AvgIpc) is 3.28. The van der Waals surface area contributed by atoms with Gasteiger partial charge in [0.25, 0.3) is 0 Å². The predicted octanol–water partition coefficient (Wildman–Crippen LogP) is 5.54. The van der Waals surface area contributed by atoms with Gasteiger partial charge in [0.05, 0.1) is 12.2 Å². The molecule has 4 aromatic rings. The molecule has 1 N–H and O–H groups in total. The molecule has 0 spiro atoms. The smallest absolute Gasteiger partial charge is 0.225 e. The van der Waals surface area contributed by atoms with Crippen molar-refractivity contribution >= 4 is 5.82 Å². The molecule has 7 heteroatoms. The van der Waals surface area contributed by atoms with E-state index in [2.05, 4.69) is 15.3 Å². The molecule has 150 valence electrons. The van der Waals surface area contributed by atoms with Crippen molar-refractivity contribution < 1.29 is 17.9 Å². The van der Waals surface area contributed by atoms with Gasteiger partial charge in [0.1, 0.15) is 24.5 Å². The van der Waals surface area contributed by atoms with Crippen LogP contribution in [-0.4, -0.2) is 16.6 Å². The molecule has 0 bridgehead atoms. The Hall–Kier alpha value is -3.74. The minimum absolute atomic E-state index is 0.0523. The van der Waals surface area contributed by atoms with Crippen molar-refractivity contribution in [3.05, 3.63) is 83.9 Å². The van der Waals surface area contributed by atoms with Crippen LogP contribution in [0.15, 0.2) is 65.5 Å². The summed E-state index contributed by atoms with van der Waals surface area (Å²) < 4.78 is 39.5. The van der Waals surface area contributed by atoms with Crippen molar-refractivity contribution in [3.63, 3.8) is 0 Å². The molecular weight excluding hydrogens is 388 g/mol. The second-order valence-electron chi connectivity index (χ2n) is 7.08. The fraction of sp³-hybridized carbons (Fsp3) is 0.130. The van der Waals surface area contributed by atoms with Crippen LogP contribution in [0.1, 0.15) is 17.2 Å². The highest BCUT2D eigenvalue weighted by Crippen LogP contribution is 2.37. The lowest BCUT2D eigenvalue weighted by Crippen LogP contribution is -2.26. The number of hydrogen-bond donors (Lipinski definition) is 1. The van der Waals surface area contributed by atoms with E-state index >= 15 is 0 Å². The Morgan fingerprint density at radius 1 is 1.03 bits per heavy atom. The molecule has 1 aliphatic rings. The lowest BCUT2D eigenvalue weighted by atomic mass is 9.98. The molecule has 0 aliphatic carbocycles. The Bertz CT molecular complexity index is 1210. The average molecular weight is 405 g/mol. The molecule has 3 heterocycles. The van der Waals surface area contributed by atoms with Crippen LogP contribution in [0.4, 0.5) is 14.6 Å². The summed E-state index contributed by atoms with van der Waals surface area (Å²) >= 11 is 0. The zero-order valence-electron chi connectivity index (χ0n) is 16.0. The minimum atomic E-state index is -0.660. The van der Waals surface area contributed by atoms with Crippen LogP contribution < -0.4 is 10.1 Å². The summed E-state index contributed by atoms with van der Waals surface area (Å²) in [5.74, 6) is 0.278. The topological polar surface area (TPSA) is 60.2 Å². The first-order valence-electron chi connectivity index (χ1n) is 9.44. The Balaban J connectivity index is 1.47. The Morgan fingerprint density at radius 2 is 1.87 bits per heavy atom. The monoisotopic (exact) mass is 405 g/mol. The molecule has 5 nitrogen and oxygen atoms in total. The van der Waals surface area contributed by atoms with Crippen LogP contribution in [0, 0.1) is 18.6 Å². The number of nitrogens with one attached hydrogen (secondary N) is 1. The van der Waals surface area contributed by atoms with E-state index in [-0.39, 0.29) is 12.2 Å². The van der Waals surface area contributed by atoms with Crippen molar-refractivity contribution in [1.29, 1.82) is 0 Å². The van der Waals surface area contributed by atoms with E-state index in [0.717, 1.165) is 22.3 Å². The lowest BCUT2D eigenvalue weighted by molar-refractivity contribution is 0.279. The first kappa shape index (κ1) is 18.3. The van der Waals surface area contributed by atoms with Crippen molar-refractivity contribution in [2.45, 2.75) is 13.0 Å². The van der Waals surface area contributed by atoms with Crippen LogP contribution in [0.25, 0.3) is 22.6 Å². The highest BCUT2D eigenvalue weighted by atomic mass is 19.1. The normalized spacial score (nSPS) is 15.2. The van der Waals surface area contributed by atoms with Crippen molar-refractivity contribution in [2.75, 3.05) is 11.9 Å². The van der Waals surface area contributed by atoms with E-state index in [0.29, 0.717) is 17.5 Å². The largest absolute Gasteiger partial charge is 0.487 e. The van der Waals surface area contributed by atoms with Crippen LogP contribution in [0.3, 0.4) is 0 Å². The molecule has 0 radical (unpaired) electrons. The Kier molecular flexibility index (Phi) is 4.43. The van der Waals surface area contributed by atoms with Crippen molar-refractivity contribution in [1.82, 2.24) is 9.97 Å². The third-order valence-electron chi connectivity index (χ3n) is 5.15. The molecule has 0 amide bonds. The van der Waals surface area contributed by atoms with Gasteiger partial charge in [0.15, 0.2) is 11.6 Å². The van der Waals surface area contributed by atoms with Crippen molar-refractivity contribution in [3.8, 4) is 28.3 Å². The number of aromatic nitrogens is 2. The minimum Gasteiger partial charge on any atom is -0.487 e. The fourth-order valence-electron chi connectivity index (χ4n) is 3.62. The molecule has 5 rings (SSSR count). The van der Waals surface area contributed by atoms with E-state index in [1.54, 1.807) is 12.4 Å². The van der Waals surface area contributed by atoms with Gasteiger partial charge in [0, 0.05) is 22.9 Å². The molecule has 1 aliphatic heterocycles. The van der Waals surface area contributed by atoms with Gasteiger partial charge in [-0.25, -0.2) is 18.7 Å². The van der Waals surface area contributed by atoms with Gasteiger partial charge in [-0.1, -0.05) is 12.1 Å². The summed E-state index contributed by atoms with van der Waals surface area (Å²) in [5, 5.41) is 3.08. The van der Waals surface area contributed by atoms with E-state index in [4.69, 9.17) is 9.15 Å². The first-order valence-corrected chi connectivity index (χ1v) is 9.44. The van der Waals surface area contributed by atoms with Gasteiger partial charge >= 0.3 is 0 Å². The Labute approximate surface area is 171 Å². The van der Waals surface area contributed by atoms with E-state index in [9.17, 15) is 8.78 Å². The molecule has 1 atom stereocenters. The second-order valence-corrected chi connectivity index (χ2v) is 7.08. The van der Waals surface area contributed by atoms with E-state index in [1.165, 1.54) is 24.5 Å². The number of benzene rings is 2. The number of aryl methyl sites for hydroxylation is 1. The lowest BCUT2D eigenvalue weighted by Gasteiger charge is -2.27. The van der Waals surface area contributed by atoms with Crippen LogP contribution in [0.2, 0.25) is 0 Å². The maximum atomic E-state index is 14.1. The molecule has 0 saturated carbocycles. The number of ether oxygens (including phenoxy) is 1. The van der Waals surface area contributed by atoms with Gasteiger partial charge < -0.3 is 14.5 Å². The number of rotatable bonds is 3. The fourth-order valence-corrected chi connectivity index (χ4v) is 3.62. The molecule has 2 aromatic heterocycles. The summed E-state index contributed by atoms with van der Waals surface area (Å²) in [7, 11) is 0. The number of oxazole rings is 1. The molecule has 1 unspecified atom stereocenters. The number of halogens is 2. The quantitative estimate of drug-likeness (QED) is 0.485. The predicted molar refractivity (Wildman–Crippen MR) is 108 cm³/mol. The number of nitrogens with zero attached hydrogens (tertiary/aromatic N) is 2. The molecular formula is C23H17F2N3O2. The van der Waals surface area contributed by atoms with Gasteiger partial charge in [-0.05, 0) is 48.4 Å². The number of hydrogen-bond acceptors (Lipinski definition) is 5. The summed E-state index contributed by atoms with van der Waals surface area (Å²) in [5.41, 5.74) is 3.68. The third kappa shape index (κ3) is 3.18. The zero-order valence-corrected chi connectivity index (χ0v) is 16.0. The SMILES string of the molecule is Cc1ccc(-c2ncco2)cc1-c1cnc2c(c1)OCC(c1c(F)cccc1F)N2. The number of anilines is 1. The summed E-state index contributed by atoms with van der Waals surface area (Å²) in [6.07, 6.45) is 4.84. The van der Waals surface area contributed by atoms with Gasteiger partial charge in [-0.15, -0.1) is 0 Å². The van der Waals surface area contributed by atoms with Crippen molar-refractivity contribution in [2.24, 2.45) is 0 Å². The van der Waals surface area contributed by atoms with E-state index < -0.39 is 17.7 Å². The van der Waals surface area contributed by atoms with Crippen LogP contribution in [0.5, 0.6) is 5.75 Å². The maximum Gasteiger partial charge on any atom is 0.225 e. The van der Waals surface area contributed by atoms with E-state index in [1.807, 2.05) is 31.2 Å². The van der Waals surface area contributed by atoms with Crippen LogP contribution in [-0.2, 0) is 0 Å². The molecule has 0 fully saturated rings. The summed E-state index contributed by atoms with van der Waals surface area (Å²) in [4.78, 5) is 8.64. The highest BCUT2D eigenvalue weighted by Gasteiger charge is 2.27. The molecule has 0 saturated heterocycles. The number of fused-ring (bicyclic) bond motifs is 1. The molecule has 30 heavy (non-hydrogen) atoms. The van der Waals surface area contributed by atoms with Gasteiger partial charge in [0.2, 0.25) is 5.89 Å². The summed E-state index contributed by atoms with van der Waals surface area (Å²) in [6.45, 7) is 2.09. The maximum absolute atomic E-state index is 14.1. The third-order valence-corrected chi connectivity index (χ3v) is 5.15. The van der Waals surface area contributed by atoms with Gasteiger partial charge in [-0.2, -0.15) is 0 Å².